The summed E-state index contributed by atoms with van der Waals surface area (Å²) in [5, 5.41) is 13.2. The first kappa shape index (κ1) is 25.4. The number of carboxylic acids is 1. The summed E-state index contributed by atoms with van der Waals surface area (Å²) in [6, 6.07) is 25.3. The van der Waals surface area contributed by atoms with Crippen molar-refractivity contribution in [1.82, 2.24) is 10.3 Å². The van der Waals surface area contributed by atoms with Gasteiger partial charge in [-0.3, -0.25) is 9.36 Å². The maximum atomic E-state index is 13.8. The molecule has 0 spiro atoms. The molecule has 2 atom stereocenters. The highest BCUT2D eigenvalue weighted by Gasteiger charge is 2.30. The van der Waals surface area contributed by atoms with Crippen molar-refractivity contribution in [2.24, 2.45) is 0 Å². The van der Waals surface area contributed by atoms with Gasteiger partial charge >= 0.3 is 5.97 Å². The summed E-state index contributed by atoms with van der Waals surface area (Å²) >= 11 is 0. The number of aromatic nitrogens is 1. The summed E-state index contributed by atoms with van der Waals surface area (Å²) in [7, 11) is -3.41. The molecule has 0 aliphatic heterocycles. The summed E-state index contributed by atoms with van der Waals surface area (Å²) in [6.45, 7) is 0.109. The van der Waals surface area contributed by atoms with Crippen LogP contribution in [0.5, 0.6) is 0 Å². The van der Waals surface area contributed by atoms with Crippen molar-refractivity contribution in [2.45, 2.75) is 25.5 Å². The lowest BCUT2D eigenvalue weighted by Gasteiger charge is -2.20. The molecule has 1 aromatic heterocycles. The molecule has 8 heteroatoms. The average molecular weight is 505 g/mol. The third kappa shape index (κ3) is 6.94. The van der Waals surface area contributed by atoms with Gasteiger partial charge in [-0.15, -0.1) is 0 Å². The zero-order valence-electron chi connectivity index (χ0n) is 19.8. The minimum Gasteiger partial charge on any atom is -0.480 e. The van der Waals surface area contributed by atoms with Crippen LogP contribution in [0.1, 0.15) is 16.7 Å². The largest absolute Gasteiger partial charge is 0.480 e. The van der Waals surface area contributed by atoms with Crippen LogP contribution >= 0.6 is 7.37 Å². The molecule has 4 aromatic rings. The fraction of sp³-hybridized carbons (Fsp3) is 0.214. The van der Waals surface area contributed by atoms with Crippen LogP contribution in [-0.2, 0) is 38.1 Å². The Kier molecular flexibility index (Phi) is 8.36. The van der Waals surface area contributed by atoms with Gasteiger partial charge < -0.3 is 19.9 Å². The molecule has 0 aliphatic carbocycles. The lowest BCUT2D eigenvalue weighted by Crippen LogP contribution is -2.43. The third-order valence-corrected chi connectivity index (χ3v) is 8.28. The van der Waals surface area contributed by atoms with E-state index in [2.05, 4.69) is 10.3 Å². The zero-order valence-corrected chi connectivity index (χ0v) is 20.7. The van der Waals surface area contributed by atoms with E-state index in [0.29, 0.717) is 6.42 Å². The van der Waals surface area contributed by atoms with Crippen LogP contribution in [0.25, 0.3) is 10.9 Å². The van der Waals surface area contributed by atoms with Gasteiger partial charge in [-0.2, -0.15) is 0 Å². The van der Waals surface area contributed by atoms with Gasteiger partial charge in [0.1, 0.15) is 12.2 Å². The molecule has 7 nitrogen and oxygen atoms in total. The molecule has 186 valence electrons. The second kappa shape index (κ2) is 11.8. The monoisotopic (exact) mass is 504 g/mol. The van der Waals surface area contributed by atoms with Crippen molar-refractivity contribution in [1.29, 1.82) is 0 Å². The molecule has 3 aromatic carbocycles. The topological polar surface area (TPSA) is 108 Å². The van der Waals surface area contributed by atoms with Gasteiger partial charge in [0.05, 0.1) is 6.61 Å². The Morgan fingerprint density at radius 3 is 2.25 bits per heavy atom. The number of rotatable bonds is 12. The first-order valence-electron chi connectivity index (χ1n) is 11.8. The van der Waals surface area contributed by atoms with Gasteiger partial charge in [-0.05, 0) is 29.2 Å². The Morgan fingerprint density at radius 1 is 0.917 bits per heavy atom. The molecule has 0 aliphatic rings. The zero-order chi connectivity index (χ0) is 25.4. The van der Waals surface area contributed by atoms with Crippen molar-refractivity contribution >= 4 is 30.1 Å². The molecule has 36 heavy (non-hydrogen) atoms. The van der Waals surface area contributed by atoms with Crippen LogP contribution in [-0.4, -0.2) is 40.3 Å². The number of benzene rings is 3. The lowest BCUT2D eigenvalue weighted by molar-refractivity contribution is -0.141. The second-order valence-corrected chi connectivity index (χ2v) is 11.4. The number of carboxylic acid groups (broad SMARTS) is 1. The highest BCUT2D eigenvalue weighted by atomic mass is 31.2. The number of nitrogens with one attached hydrogen (secondary N) is 2. The van der Waals surface area contributed by atoms with Crippen LogP contribution in [0.15, 0.2) is 91.1 Å². The molecule has 0 saturated carbocycles. The van der Waals surface area contributed by atoms with Crippen LogP contribution in [0, 0.1) is 0 Å². The Morgan fingerprint density at radius 2 is 1.56 bits per heavy atom. The van der Waals surface area contributed by atoms with E-state index in [-0.39, 0.29) is 25.4 Å². The Bertz CT molecular complexity index is 1310. The average Bonchev–Trinajstić information content (AvgIpc) is 3.30. The number of amides is 1. The summed E-state index contributed by atoms with van der Waals surface area (Å²) in [6.07, 6.45) is 2.13. The van der Waals surface area contributed by atoms with E-state index >= 15 is 0 Å². The number of carbonyl (C=O) groups excluding carboxylic acids is 1. The highest BCUT2D eigenvalue weighted by Crippen LogP contribution is 2.48. The van der Waals surface area contributed by atoms with Crippen LogP contribution in [0.4, 0.5) is 0 Å². The van der Waals surface area contributed by atoms with Crippen molar-refractivity contribution in [2.75, 3.05) is 12.3 Å². The minimum absolute atomic E-state index is 0.101. The van der Waals surface area contributed by atoms with E-state index in [9.17, 15) is 19.3 Å². The van der Waals surface area contributed by atoms with Gasteiger partial charge in [0.25, 0.3) is 0 Å². The number of aliphatic carboxylic acids is 1. The normalized spacial score (nSPS) is 13.7. The molecule has 0 bridgehead atoms. The van der Waals surface area contributed by atoms with E-state index < -0.39 is 25.3 Å². The molecule has 1 amide bonds. The first-order chi connectivity index (χ1) is 17.4. The molecule has 0 saturated heterocycles. The molecule has 3 N–H and O–H groups in total. The predicted molar refractivity (Wildman–Crippen MR) is 140 cm³/mol. The van der Waals surface area contributed by atoms with Crippen molar-refractivity contribution < 1.29 is 23.8 Å². The Balaban J connectivity index is 1.45. The maximum absolute atomic E-state index is 13.8. The Labute approximate surface area is 210 Å². The van der Waals surface area contributed by atoms with E-state index in [4.69, 9.17) is 4.52 Å². The molecule has 1 unspecified atom stereocenters. The van der Waals surface area contributed by atoms with E-state index in [1.165, 1.54) is 0 Å². The number of hydrogen-bond donors (Lipinski definition) is 3. The van der Waals surface area contributed by atoms with Crippen LogP contribution < -0.4 is 5.32 Å². The lowest BCUT2D eigenvalue weighted by atomic mass is 10.1. The van der Waals surface area contributed by atoms with Crippen LogP contribution in [0.2, 0.25) is 0 Å². The van der Waals surface area contributed by atoms with Gasteiger partial charge in [0.15, 0.2) is 0 Å². The maximum Gasteiger partial charge on any atom is 0.326 e. The number of carbonyl (C=O) groups is 2. The van der Waals surface area contributed by atoms with Crippen molar-refractivity contribution in [3.63, 3.8) is 0 Å². The van der Waals surface area contributed by atoms with Gasteiger partial charge in [0.2, 0.25) is 13.3 Å². The molecule has 0 fully saturated rings. The summed E-state index contributed by atoms with van der Waals surface area (Å²) < 4.78 is 19.6. The van der Waals surface area contributed by atoms with Crippen molar-refractivity contribution in [3.8, 4) is 0 Å². The summed E-state index contributed by atoms with van der Waals surface area (Å²) in [4.78, 5) is 28.0. The molecular weight excluding hydrogens is 475 g/mol. The quantitative estimate of drug-likeness (QED) is 0.235. The molecule has 1 heterocycles. The SMILES string of the molecule is O=C(CP(=O)(CCc1ccccc1)OCc1ccccc1)N[C@@H](Cc1c[nH]c2ccccc12)C(=O)O. The van der Waals surface area contributed by atoms with E-state index in [1.54, 1.807) is 6.20 Å². The van der Waals surface area contributed by atoms with E-state index in [0.717, 1.165) is 27.6 Å². The second-order valence-electron chi connectivity index (χ2n) is 8.71. The standard InChI is InChI=1S/C28H29N2O5P/c31-27(30-26(28(32)33)17-23-18-29-25-14-8-7-13-24(23)25)20-36(34,16-15-21-9-3-1-4-10-21)35-19-22-11-5-2-6-12-22/h1-14,18,26,29H,15-17,19-20H2,(H,30,31)(H,32,33)/t26-,36?/m0/s1. The Hall–Kier alpha value is -3.67. The van der Waals surface area contributed by atoms with Gasteiger partial charge in [-0.25, -0.2) is 4.79 Å². The number of hydrogen-bond acceptors (Lipinski definition) is 4. The first-order valence-corrected chi connectivity index (χ1v) is 13.8. The van der Waals surface area contributed by atoms with Crippen LogP contribution in [0.3, 0.4) is 0 Å². The molecule has 4 rings (SSSR count). The number of fused-ring (bicyclic) bond motifs is 1. The number of para-hydroxylation sites is 1. The molecule has 0 radical (unpaired) electrons. The molecular formula is C28H29N2O5P. The van der Waals surface area contributed by atoms with Gasteiger partial charge in [-0.1, -0.05) is 78.9 Å². The fourth-order valence-electron chi connectivity index (χ4n) is 4.08. The number of H-pyrrole nitrogens is 1. The highest BCUT2D eigenvalue weighted by molar-refractivity contribution is 7.59. The summed E-state index contributed by atoms with van der Waals surface area (Å²) in [5.74, 6) is -1.76. The number of aryl methyl sites for hydroxylation is 1. The smallest absolute Gasteiger partial charge is 0.326 e. The summed E-state index contributed by atoms with van der Waals surface area (Å²) in [5.41, 5.74) is 3.51. The minimum atomic E-state index is -3.41. The van der Waals surface area contributed by atoms with Crippen molar-refractivity contribution in [3.05, 3.63) is 108 Å². The van der Waals surface area contributed by atoms with E-state index in [1.807, 2.05) is 84.9 Å². The predicted octanol–water partition coefficient (Wildman–Crippen LogP) is 5.02. The third-order valence-electron chi connectivity index (χ3n) is 6.01. The number of aromatic amines is 1. The van der Waals surface area contributed by atoms with Gasteiger partial charge in [0, 0.05) is 29.7 Å². The fourth-order valence-corrected chi connectivity index (χ4v) is 5.97.